The van der Waals surface area contributed by atoms with E-state index in [1.807, 2.05) is 0 Å². The van der Waals surface area contributed by atoms with Gasteiger partial charge in [-0.15, -0.1) is 0 Å². The fourth-order valence-corrected chi connectivity index (χ4v) is 4.02. The van der Waals surface area contributed by atoms with E-state index in [-0.39, 0.29) is 6.04 Å². The average molecular weight is 253 g/mol. The third-order valence-corrected chi connectivity index (χ3v) is 4.84. The van der Waals surface area contributed by atoms with Gasteiger partial charge in [-0.1, -0.05) is 26.7 Å². The lowest BCUT2D eigenvalue weighted by atomic mass is 9.72. The highest BCUT2D eigenvalue weighted by atomic mass is 16.4. The molecule has 2 fully saturated rings. The Balaban J connectivity index is 1.84. The van der Waals surface area contributed by atoms with Crippen molar-refractivity contribution < 1.29 is 9.90 Å². The molecule has 1 unspecified atom stereocenters. The van der Waals surface area contributed by atoms with Gasteiger partial charge in [0.05, 0.1) is 0 Å². The van der Waals surface area contributed by atoms with E-state index in [1.165, 1.54) is 32.1 Å². The van der Waals surface area contributed by atoms with Gasteiger partial charge < -0.3 is 10.4 Å². The Hall–Kier alpha value is -0.570. The Labute approximate surface area is 110 Å². The van der Waals surface area contributed by atoms with Crippen LogP contribution in [0.15, 0.2) is 0 Å². The summed E-state index contributed by atoms with van der Waals surface area (Å²) in [5.74, 6) is 2.05. The van der Waals surface area contributed by atoms with Crippen LogP contribution < -0.4 is 5.32 Å². The minimum atomic E-state index is -0.651. The van der Waals surface area contributed by atoms with E-state index in [1.54, 1.807) is 0 Å². The zero-order valence-electron chi connectivity index (χ0n) is 11.7. The summed E-state index contributed by atoms with van der Waals surface area (Å²) in [6.45, 7) is 5.48. The van der Waals surface area contributed by atoms with Crippen molar-refractivity contribution in [3.05, 3.63) is 0 Å². The summed E-state index contributed by atoms with van der Waals surface area (Å²) in [4.78, 5) is 11.2. The van der Waals surface area contributed by atoms with Crippen molar-refractivity contribution in [3.63, 3.8) is 0 Å². The molecule has 0 aromatic carbocycles. The highest BCUT2D eigenvalue weighted by Gasteiger charge is 2.39. The average Bonchev–Trinajstić information content (AvgIpc) is 2.78. The molecule has 0 spiro atoms. The van der Waals surface area contributed by atoms with Crippen LogP contribution in [0.25, 0.3) is 0 Å². The molecule has 3 heteroatoms. The van der Waals surface area contributed by atoms with Gasteiger partial charge in [0.1, 0.15) is 6.04 Å². The lowest BCUT2D eigenvalue weighted by Crippen LogP contribution is -2.39. The van der Waals surface area contributed by atoms with Gasteiger partial charge in [-0.05, 0) is 55.9 Å². The molecular formula is C15H27NO2. The van der Waals surface area contributed by atoms with Crippen molar-refractivity contribution in [1.29, 1.82) is 0 Å². The van der Waals surface area contributed by atoms with Crippen molar-refractivity contribution in [2.75, 3.05) is 6.54 Å². The van der Waals surface area contributed by atoms with Gasteiger partial charge in [0, 0.05) is 0 Å². The summed E-state index contributed by atoms with van der Waals surface area (Å²) in [5.41, 5.74) is 0. The molecule has 1 aliphatic carbocycles. The molecule has 1 saturated carbocycles. The van der Waals surface area contributed by atoms with Crippen LogP contribution in [-0.4, -0.2) is 23.7 Å². The predicted molar refractivity (Wildman–Crippen MR) is 72.4 cm³/mol. The molecular weight excluding hydrogens is 226 g/mol. The van der Waals surface area contributed by atoms with Crippen LogP contribution in [0.3, 0.4) is 0 Å². The zero-order valence-corrected chi connectivity index (χ0v) is 11.7. The van der Waals surface area contributed by atoms with Crippen molar-refractivity contribution >= 4 is 5.97 Å². The molecule has 0 aromatic rings. The number of carboxylic acid groups (broad SMARTS) is 1. The Morgan fingerprint density at radius 2 is 1.89 bits per heavy atom. The summed E-state index contributed by atoms with van der Waals surface area (Å²) in [7, 11) is 0. The van der Waals surface area contributed by atoms with Crippen LogP contribution in [0.1, 0.15) is 52.4 Å². The fourth-order valence-electron chi connectivity index (χ4n) is 4.02. The third kappa shape index (κ3) is 3.25. The van der Waals surface area contributed by atoms with Crippen LogP contribution in [0.5, 0.6) is 0 Å². The number of nitrogens with one attached hydrogen (secondary N) is 1. The number of aliphatic carboxylic acids is 1. The highest BCUT2D eigenvalue weighted by Crippen LogP contribution is 2.39. The van der Waals surface area contributed by atoms with E-state index in [9.17, 15) is 9.90 Å². The number of carbonyl (C=O) groups is 1. The largest absolute Gasteiger partial charge is 0.480 e. The molecule has 0 bridgehead atoms. The van der Waals surface area contributed by atoms with Gasteiger partial charge >= 0.3 is 5.97 Å². The zero-order chi connectivity index (χ0) is 13.1. The second-order valence-corrected chi connectivity index (χ2v) is 6.63. The topological polar surface area (TPSA) is 49.3 Å². The highest BCUT2D eigenvalue weighted by molar-refractivity contribution is 5.74. The summed E-state index contributed by atoms with van der Waals surface area (Å²) in [5, 5.41) is 12.4. The Morgan fingerprint density at radius 1 is 1.22 bits per heavy atom. The summed E-state index contributed by atoms with van der Waals surface area (Å²) in [6.07, 6.45) is 7.51. The van der Waals surface area contributed by atoms with Crippen LogP contribution in [0.4, 0.5) is 0 Å². The molecule has 0 radical (unpaired) electrons. The molecule has 2 atom stereocenters. The minimum Gasteiger partial charge on any atom is -0.480 e. The van der Waals surface area contributed by atoms with E-state index in [0.717, 1.165) is 24.8 Å². The van der Waals surface area contributed by atoms with Crippen LogP contribution >= 0.6 is 0 Å². The van der Waals surface area contributed by atoms with Crippen LogP contribution in [-0.2, 0) is 4.79 Å². The molecule has 104 valence electrons. The molecule has 3 nitrogen and oxygen atoms in total. The quantitative estimate of drug-likeness (QED) is 0.810. The third-order valence-electron chi connectivity index (χ3n) is 4.84. The van der Waals surface area contributed by atoms with Gasteiger partial charge in [-0.2, -0.15) is 0 Å². The molecule has 1 heterocycles. The van der Waals surface area contributed by atoms with E-state index >= 15 is 0 Å². The van der Waals surface area contributed by atoms with Gasteiger partial charge in [0.15, 0.2) is 0 Å². The summed E-state index contributed by atoms with van der Waals surface area (Å²) in [6, 6.07) is -0.281. The lowest BCUT2D eigenvalue weighted by molar-refractivity contribution is -0.140. The second kappa shape index (κ2) is 6.05. The van der Waals surface area contributed by atoms with E-state index in [4.69, 9.17) is 0 Å². The predicted octanol–water partition coefficient (Wildman–Crippen LogP) is 2.90. The minimum absolute atomic E-state index is 0.281. The fraction of sp³-hybridized carbons (Fsp3) is 0.933. The van der Waals surface area contributed by atoms with Crippen molar-refractivity contribution in [2.45, 2.75) is 58.4 Å². The van der Waals surface area contributed by atoms with E-state index in [0.29, 0.717) is 11.8 Å². The normalized spacial score (nSPS) is 37.1. The maximum absolute atomic E-state index is 11.2. The monoisotopic (exact) mass is 253 g/mol. The number of hydrogen-bond acceptors (Lipinski definition) is 2. The summed E-state index contributed by atoms with van der Waals surface area (Å²) >= 11 is 0. The van der Waals surface area contributed by atoms with Crippen LogP contribution in [0, 0.1) is 23.7 Å². The second-order valence-electron chi connectivity index (χ2n) is 6.63. The molecule has 0 amide bonds. The molecule has 1 saturated heterocycles. The smallest absolute Gasteiger partial charge is 0.320 e. The maximum Gasteiger partial charge on any atom is 0.320 e. The van der Waals surface area contributed by atoms with Gasteiger partial charge in [0.2, 0.25) is 0 Å². The Kier molecular flexibility index (Phi) is 4.66. The van der Waals surface area contributed by atoms with Crippen LogP contribution in [0.2, 0.25) is 0 Å². The van der Waals surface area contributed by atoms with Gasteiger partial charge in [-0.25, -0.2) is 0 Å². The van der Waals surface area contributed by atoms with Crippen molar-refractivity contribution in [1.82, 2.24) is 5.32 Å². The number of carboxylic acids is 1. The Morgan fingerprint density at radius 3 is 2.44 bits per heavy atom. The molecule has 0 aromatic heterocycles. The maximum atomic E-state index is 11.2. The standard InChI is InChI=1S/C15H27NO2/c1-10(2)9-11-3-5-12(6-4-11)13-7-8-16-14(13)15(17)18/h10-14,16H,3-9H2,1-2H3,(H,17,18)/t11?,12?,13?,14-/m0/s1. The van der Waals surface area contributed by atoms with Gasteiger partial charge in [-0.3, -0.25) is 4.79 Å². The van der Waals surface area contributed by atoms with Crippen molar-refractivity contribution in [2.24, 2.45) is 23.7 Å². The Bertz CT molecular complexity index is 282. The number of hydrogen-bond donors (Lipinski definition) is 2. The first-order chi connectivity index (χ1) is 8.58. The molecule has 2 aliphatic rings. The SMILES string of the molecule is CC(C)CC1CCC(C2CCN[C@@H]2C(=O)O)CC1. The van der Waals surface area contributed by atoms with Crippen molar-refractivity contribution in [3.8, 4) is 0 Å². The summed E-state index contributed by atoms with van der Waals surface area (Å²) < 4.78 is 0. The molecule has 1 aliphatic heterocycles. The van der Waals surface area contributed by atoms with E-state index < -0.39 is 5.97 Å². The number of rotatable bonds is 4. The molecule has 18 heavy (non-hydrogen) atoms. The molecule has 2 rings (SSSR count). The lowest BCUT2D eigenvalue weighted by Gasteiger charge is -2.34. The first kappa shape index (κ1) is 13.9. The van der Waals surface area contributed by atoms with E-state index in [2.05, 4.69) is 19.2 Å². The first-order valence-electron chi connectivity index (χ1n) is 7.54. The first-order valence-corrected chi connectivity index (χ1v) is 7.54. The molecule has 2 N–H and O–H groups in total. The van der Waals surface area contributed by atoms with Gasteiger partial charge in [0.25, 0.3) is 0 Å².